The fourth-order valence-corrected chi connectivity index (χ4v) is 3.79. The molecule has 30 heavy (non-hydrogen) atoms. The Hall–Kier alpha value is -2.94. The van der Waals surface area contributed by atoms with Gasteiger partial charge in [0.1, 0.15) is 5.82 Å². The predicted molar refractivity (Wildman–Crippen MR) is 111 cm³/mol. The highest BCUT2D eigenvalue weighted by atomic mass is 16.5. The average Bonchev–Trinajstić information content (AvgIpc) is 3.37. The van der Waals surface area contributed by atoms with E-state index in [0.717, 1.165) is 42.4 Å². The van der Waals surface area contributed by atoms with Crippen LogP contribution in [-0.4, -0.2) is 62.4 Å². The molecule has 0 atom stereocenters. The highest BCUT2D eigenvalue weighted by Crippen LogP contribution is 2.35. The lowest BCUT2D eigenvalue weighted by Gasteiger charge is -2.28. The van der Waals surface area contributed by atoms with Crippen LogP contribution in [0.15, 0.2) is 30.7 Å². The first-order valence-corrected chi connectivity index (χ1v) is 10.6. The molecule has 3 aromatic heterocycles. The van der Waals surface area contributed by atoms with E-state index in [9.17, 15) is 0 Å². The fourth-order valence-electron chi connectivity index (χ4n) is 3.79. The molecule has 158 valence electrons. The van der Waals surface area contributed by atoms with Crippen molar-refractivity contribution in [2.45, 2.75) is 31.6 Å². The molecule has 1 aliphatic heterocycles. The van der Waals surface area contributed by atoms with Crippen LogP contribution in [0.1, 0.15) is 36.4 Å². The average molecular weight is 409 g/mol. The zero-order valence-corrected chi connectivity index (χ0v) is 17.3. The third-order valence-corrected chi connectivity index (χ3v) is 5.76. The Morgan fingerprint density at radius 3 is 2.73 bits per heavy atom. The number of aromatic nitrogens is 6. The maximum absolute atomic E-state index is 5.94. The van der Waals surface area contributed by atoms with E-state index in [0.29, 0.717) is 31.7 Å². The second kappa shape index (κ2) is 8.43. The lowest BCUT2D eigenvalue weighted by Crippen LogP contribution is -2.37. The van der Waals surface area contributed by atoms with Crippen molar-refractivity contribution in [2.75, 3.05) is 37.8 Å². The van der Waals surface area contributed by atoms with Gasteiger partial charge in [0.15, 0.2) is 5.82 Å². The van der Waals surface area contributed by atoms with E-state index in [1.165, 1.54) is 19.3 Å². The summed E-state index contributed by atoms with van der Waals surface area (Å²) in [7, 11) is 1.91. The summed E-state index contributed by atoms with van der Waals surface area (Å²) in [6.07, 6.45) is 10.3. The molecule has 0 unspecified atom stereocenters. The summed E-state index contributed by atoms with van der Waals surface area (Å²) in [5.41, 5.74) is 2.27. The lowest BCUT2D eigenvalue weighted by molar-refractivity contribution is 0.122. The number of hydrogen-bond acceptors (Lipinski definition) is 7. The SMILES string of the molecule is Cn1cc(CCOc2nc(N3CCOCC3)cc(-n3ccc(C4CCC4)n3)n2)cn1. The third-order valence-electron chi connectivity index (χ3n) is 5.76. The van der Waals surface area contributed by atoms with E-state index in [-0.39, 0.29) is 0 Å². The van der Waals surface area contributed by atoms with E-state index in [2.05, 4.69) is 26.0 Å². The van der Waals surface area contributed by atoms with Gasteiger partial charge < -0.3 is 14.4 Å². The number of morpholine rings is 1. The zero-order valence-electron chi connectivity index (χ0n) is 17.3. The largest absolute Gasteiger partial charge is 0.463 e. The van der Waals surface area contributed by atoms with E-state index in [1.54, 1.807) is 4.68 Å². The molecule has 3 aromatic rings. The molecule has 9 nitrogen and oxygen atoms in total. The summed E-state index contributed by atoms with van der Waals surface area (Å²) in [5, 5.41) is 8.98. The van der Waals surface area contributed by atoms with Crippen LogP contribution < -0.4 is 9.64 Å². The lowest BCUT2D eigenvalue weighted by atomic mass is 9.83. The molecule has 0 amide bonds. The second-order valence-electron chi connectivity index (χ2n) is 7.90. The van der Waals surface area contributed by atoms with Crippen LogP contribution in [0, 0.1) is 0 Å². The fraction of sp³-hybridized carbons (Fsp3) is 0.524. The molecule has 0 spiro atoms. The first kappa shape index (κ1) is 19.0. The van der Waals surface area contributed by atoms with Crippen molar-refractivity contribution in [1.29, 1.82) is 0 Å². The van der Waals surface area contributed by atoms with E-state index < -0.39 is 0 Å². The molecule has 2 fully saturated rings. The van der Waals surface area contributed by atoms with Crippen LogP contribution in [-0.2, 0) is 18.2 Å². The predicted octanol–water partition coefficient (Wildman–Crippen LogP) is 2.12. The van der Waals surface area contributed by atoms with Gasteiger partial charge in [0.05, 0.1) is 31.7 Å². The van der Waals surface area contributed by atoms with Gasteiger partial charge in [0.25, 0.3) is 0 Å². The van der Waals surface area contributed by atoms with E-state index >= 15 is 0 Å². The minimum absolute atomic E-state index is 0.374. The van der Waals surface area contributed by atoms with Gasteiger partial charge in [-0.25, -0.2) is 4.68 Å². The Morgan fingerprint density at radius 2 is 2.00 bits per heavy atom. The van der Waals surface area contributed by atoms with Gasteiger partial charge in [-0.3, -0.25) is 4.68 Å². The number of rotatable bonds is 7. The Labute approximate surface area is 175 Å². The van der Waals surface area contributed by atoms with Crippen molar-refractivity contribution < 1.29 is 9.47 Å². The van der Waals surface area contributed by atoms with Gasteiger partial charge >= 0.3 is 6.01 Å². The number of ether oxygens (including phenoxy) is 2. The first-order valence-electron chi connectivity index (χ1n) is 10.6. The normalized spacial score (nSPS) is 17.2. The first-order chi connectivity index (χ1) is 14.7. The van der Waals surface area contributed by atoms with Gasteiger partial charge in [0, 0.05) is 50.9 Å². The highest BCUT2D eigenvalue weighted by Gasteiger charge is 2.22. The molecule has 1 aliphatic carbocycles. The van der Waals surface area contributed by atoms with Gasteiger partial charge in [-0.15, -0.1) is 0 Å². The minimum atomic E-state index is 0.374. The molecule has 9 heteroatoms. The molecular weight excluding hydrogens is 382 g/mol. The monoisotopic (exact) mass is 409 g/mol. The van der Waals surface area contributed by atoms with Crippen molar-refractivity contribution in [1.82, 2.24) is 29.5 Å². The maximum atomic E-state index is 5.94. The van der Waals surface area contributed by atoms with Crippen LogP contribution in [0.4, 0.5) is 5.82 Å². The van der Waals surface area contributed by atoms with Crippen LogP contribution in [0.2, 0.25) is 0 Å². The summed E-state index contributed by atoms with van der Waals surface area (Å²) in [6, 6.07) is 4.46. The molecule has 0 radical (unpaired) electrons. The Balaban J connectivity index is 1.37. The molecule has 1 saturated heterocycles. The molecule has 4 heterocycles. The number of hydrogen-bond donors (Lipinski definition) is 0. The molecule has 0 bridgehead atoms. The number of aryl methyl sites for hydroxylation is 1. The standard InChI is InChI=1S/C21H27N7O2/c1-26-15-16(14-22-26)6-10-30-21-23-19(27-8-11-29-12-9-27)13-20(24-21)28-7-5-18(25-28)17-3-2-4-17/h5,7,13-15,17H,2-4,6,8-12H2,1H3. The second-order valence-corrected chi connectivity index (χ2v) is 7.90. The van der Waals surface area contributed by atoms with Gasteiger partial charge in [-0.05, 0) is 24.5 Å². The molecule has 5 rings (SSSR count). The number of anilines is 1. The van der Waals surface area contributed by atoms with Crippen molar-refractivity contribution in [2.24, 2.45) is 7.05 Å². The molecule has 0 N–H and O–H groups in total. The number of nitrogens with zero attached hydrogens (tertiary/aromatic N) is 7. The third kappa shape index (κ3) is 4.16. The summed E-state index contributed by atoms with van der Waals surface area (Å²) < 4.78 is 15.1. The van der Waals surface area contributed by atoms with Crippen LogP contribution in [0.3, 0.4) is 0 Å². The van der Waals surface area contributed by atoms with Gasteiger partial charge in [0.2, 0.25) is 0 Å². The quantitative estimate of drug-likeness (QED) is 0.591. The summed E-state index contributed by atoms with van der Waals surface area (Å²) in [4.78, 5) is 11.5. The highest BCUT2D eigenvalue weighted by molar-refractivity contribution is 5.45. The van der Waals surface area contributed by atoms with Crippen molar-refractivity contribution in [3.05, 3.63) is 42.0 Å². The summed E-state index contributed by atoms with van der Waals surface area (Å²) in [5.74, 6) is 2.16. The molecular formula is C21H27N7O2. The Morgan fingerprint density at radius 1 is 1.17 bits per heavy atom. The Bertz CT molecular complexity index is 989. The van der Waals surface area contributed by atoms with Crippen LogP contribution in [0.25, 0.3) is 5.82 Å². The van der Waals surface area contributed by atoms with E-state index in [1.807, 2.05) is 36.4 Å². The van der Waals surface area contributed by atoms with Gasteiger partial charge in [-0.1, -0.05) is 6.42 Å². The van der Waals surface area contributed by atoms with Crippen molar-refractivity contribution in [3.63, 3.8) is 0 Å². The van der Waals surface area contributed by atoms with Crippen LogP contribution in [0.5, 0.6) is 6.01 Å². The summed E-state index contributed by atoms with van der Waals surface area (Å²) >= 11 is 0. The molecule has 2 aliphatic rings. The zero-order chi connectivity index (χ0) is 20.3. The smallest absolute Gasteiger partial charge is 0.320 e. The van der Waals surface area contributed by atoms with Crippen LogP contribution >= 0.6 is 0 Å². The maximum Gasteiger partial charge on any atom is 0.320 e. The van der Waals surface area contributed by atoms with E-state index in [4.69, 9.17) is 14.6 Å². The summed E-state index contributed by atoms with van der Waals surface area (Å²) in [6.45, 7) is 3.49. The van der Waals surface area contributed by atoms with Crippen molar-refractivity contribution >= 4 is 5.82 Å². The molecule has 0 aromatic carbocycles. The Kier molecular flexibility index (Phi) is 5.35. The van der Waals surface area contributed by atoms with Crippen molar-refractivity contribution in [3.8, 4) is 11.8 Å². The van der Waals surface area contributed by atoms with Gasteiger partial charge in [-0.2, -0.15) is 20.2 Å². The molecule has 1 saturated carbocycles. The minimum Gasteiger partial charge on any atom is -0.463 e. The topological polar surface area (TPSA) is 83.1 Å².